The van der Waals surface area contributed by atoms with Crippen LogP contribution in [0.3, 0.4) is 0 Å². The van der Waals surface area contributed by atoms with E-state index in [9.17, 15) is 4.79 Å². The molecule has 0 aliphatic carbocycles. The average Bonchev–Trinajstić information content (AvgIpc) is 2.69. The first kappa shape index (κ1) is 12.6. The predicted octanol–water partition coefficient (Wildman–Crippen LogP) is 2.07. The lowest BCUT2D eigenvalue weighted by molar-refractivity contribution is -0.661. The molecule has 1 heterocycles. The van der Waals surface area contributed by atoms with Crippen LogP contribution in [0.2, 0.25) is 0 Å². The van der Waals surface area contributed by atoms with Gasteiger partial charge in [0.15, 0.2) is 17.6 Å². The van der Waals surface area contributed by atoms with Crippen molar-refractivity contribution in [2.45, 2.75) is 33.4 Å². The monoisotopic (exact) mass is 247 g/mol. The largest absolute Gasteiger partial charge is 0.463 e. The molecule has 96 valence electrons. The smallest absolute Gasteiger partial charge is 0.348 e. The van der Waals surface area contributed by atoms with E-state index in [4.69, 9.17) is 4.74 Å². The first-order valence-electron chi connectivity index (χ1n) is 6.28. The molecule has 1 aromatic heterocycles. The van der Waals surface area contributed by atoms with Crippen LogP contribution in [0.4, 0.5) is 0 Å². The van der Waals surface area contributed by atoms with E-state index >= 15 is 0 Å². The van der Waals surface area contributed by atoms with Gasteiger partial charge in [0.25, 0.3) is 0 Å². The summed E-state index contributed by atoms with van der Waals surface area (Å²) in [6.07, 6.45) is 1.98. The van der Waals surface area contributed by atoms with Crippen molar-refractivity contribution in [3.05, 3.63) is 30.6 Å². The first-order chi connectivity index (χ1) is 8.63. The lowest BCUT2D eigenvalue weighted by Crippen LogP contribution is -2.37. The molecular weight excluding hydrogens is 228 g/mol. The second-order valence-corrected chi connectivity index (χ2v) is 4.54. The molecule has 4 nitrogen and oxygen atoms in total. The van der Waals surface area contributed by atoms with Gasteiger partial charge in [-0.05, 0) is 32.9 Å². The molecule has 4 heteroatoms. The van der Waals surface area contributed by atoms with Gasteiger partial charge in [-0.1, -0.05) is 12.1 Å². The number of ether oxygens (including phenoxy) is 1. The van der Waals surface area contributed by atoms with Gasteiger partial charge in [0.1, 0.15) is 0 Å². The van der Waals surface area contributed by atoms with Gasteiger partial charge < -0.3 is 4.74 Å². The Labute approximate surface area is 107 Å². The lowest BCUT2D eigenvalue weighted by atomic mass is 10.3. The third-order valence-electron chi connectivity index (χ3n) is 2.89. The minimum absolute atomic E-state index is 0.200. The fraction of sp³-hybridized carbons (Fsp3) is 0.429. The van der Waals surface area contributed by atoms with Crippen molar-refractivity contribution in [1.29, 1.82) is 0 Å². The Balaban J connectivity index is 2.41. The summed E-state index contributed by atoms with van der Waals surface area (Å²) in [4.78, 5) is 11.6. The van der Waals surface area contributed by atoms with Gasteiger partial charge in [0.05, 0.1) is 12.6 Å². The van der Waals surface area contributed by atoms with Crippen LogP contribution in [0.25, 0.3) is 11.0 Å². The zero-order valence-electron chi connectivity index (χ0n) is 11.1. The molecule has 2 rings (SSSR count). The number of benzene rings is 1. The Morgan fingerprint density at radius 1 is 1.39 bits per heavy atom. The summed E-state index contributed by atoms with van der Waals surface area (Å²) in [6, 6.07) is 8.44. The Bertz CT molecular complexity index is 558. The maximum absolute atomic E-state index is 11.6. The van der Waals surface area contributed by atoms with Crippen molar-refractivity contribution >= 4 is 17.0 Å². The Morgan fingerprint density at radius 3 is 2.78 bits per heavy atom. The Kier molecular flexibility index (Phi) is 3.65. The third kappa shape index (κ3) is 2.37. The van der Waals surface area contributed by atoms with Crippen LogP contribution in [0, 0.1) is 0 Å². The maximum Gasteiger partial charge on any atom is 0.348 e. The molecule has 2 aromatic rings. The summed E-state index contributed by atoms with van der Waals surface area (Å²) in [7, 11) is 0. The van der Waals surface area contributed by atoms with Crippen LogP contribution in [0.15, 0.2) is 30.6 Å². The van der Waals surface area contributed by atoms with Gasteiger partial charge in [0, 0.05) is 0 Å². The van der Waals surface area contributed by atoms with Crippen molar-refractivity contribution in [2.75, 3.05) is 6.61 Å². The molecule has 0 atom stereocenters. The number of imidazole rings is 1. The SMILES string of the molecule is CCOC(=O)C[n+]1cn(C(C)C)c2ccccc21. The van der Waals surface area contributed by atoms with Crippen molar-refractivity contribution in [3.63, 3.8) is 0 Å². The molecule has 0 saturated heterocycles. The van der Waals surface area contributed by atoms with Crippen molar-refractivity contribution in [2.24, 2.45) is 0 Å². The van der Waals surface area contributed by atoms with Crippen LogP contribution in [-0.2, 0) is 16.1 Å². The highest BCUT2D eigenvalue weighted by Gasteiger charge is 2.19. The second kappa shape index (κ2) is 5.21. The van der Waals surface area contributed by atoms with Gasteiger partial charge in [-0.15, -0.1) is 0 Å². The Hall–Kier alpha value is -1.84. The van der Waals surface area contributed by atoms with E-state index in [1.54, 1.807) is 0 Å². The molecule has 0 radical (unpaired) electrons. The molecule has 1 aromatic carbocycles. The summed E-state index contributed by atoms with van der Waals surface area (Å²) in [5.74, 6) is -0.200. The zero-order valence-corrected chi connectivity index (χ0v) is 11.1. The fourth-order valence-electron chi connectivity index (χ4n) is 2.08. The van der Waals surface area contributed by atoms with Gasteiger partial charge in [-0.3, -0.25) is 0 Å². The maximum atomic E-state index is 11.6. The molecule has 0 spiro atoms. The van der Waals surface area contributed by atoms with Gasteiger partial charge in [-0.25, -0.2) is 13.9 Å². The number of fused-ring (bicyclic) bond motifs is 1. The number of aromatic nitrogens is 2. The predicted molar refractivity (Wildman–Crippen MR) is 69.2 cm³/mol. The third-order valence-corrected chi connectivity index (χ3v) is 2.89. The second-order valence-electron chi connectivity index (χ2n) is 4.54. The minimum atomic E-state index is -0.200. The van der Waals surface area contributed by atoms with Crippen LogP contribution in [0.5, 0.6) is 0 Å². The quantitative estimate of drug-likeness (QED) is 0.612. The molecule has 0 unspecified atom stereocenters. The average molecular weight is 247 g/mol. The molecule has 18 heavy (non-hydrogen) atoms. The highest BCUT2D eigenvalue weighted by atomic mass is 16.5. The van der Waals surface area contributed by atoms with E-state index < -0.39 is 0 Å². The van der Waals surface area contributed by atoms with E-state index in [1.807, 2.05) is 36.0 Å². The Morgan fingerprint density at radius 2 is 2.11 bits per heavy atom. The number of rotatable bonds is 4. The summed E-state index contributed by atoms with van der Waals surface area (Å²) < 4.78 is 9.09. The number of carbonyl (C=O) groups is 1. The fourth-order valence-corrected chi connectivity index (χ4v) is 2.08. The minimum Gasteiger partial charge on any atom is -0.463 e. The number of hydrogen-bond acceptors (Lipinski definition) is 2. The molecule has 0 fully saturated rings. The van der Waals surface area contributed by atoms with Crippen molar-refractivity contribution in [3.8, 4) is 0 Å². The van der Waals surface area contributed by atoms with Gasteiger partial charge >= 0.3 is 5.97 Å². The number of esters is 1. The summed E-state index contributed by atoms with van der Waals surface area (Å²) in [5, 5.41) is 0. The lowest BCUT2D eigenvalue weighted by Gasteiger charge is -1.99. The number of para-hydroxylation sites is 2. The van der Waals surface area contributed by atoms with E-state index in [-0.39, 0.29) is 12.5 Å². The summed E-state index contributed by atoms with van der Waals surface area (Å²) in [5.41, 5.74) is 2.19. The van der Waals surface area contributed by atoms with E-state index in [0.29, 0.717) is 12.6 Å². The highest BCUT2D eigenvalue weighted by Crippen LogP contribution is 2.15. The zero-order chi connectivity index (χ0) is 13.1. The van der Waals surface area contributed by atoms with E-state index in [1.165, 1.54) is 0 Å². The number of carbonyl (C=O) groups excluding carboxylic acids is 1. The number of nitrogens with zero attached hydrogens (tertiary/aromatic N) is 2. The standard InChI is InChI=1S/C14H19N2O2/c1-4-18-14(17)9-15-10-16(11(2)3)13-8-6-5-7-12(13)15/h5-8,10-11H,4,9H2,1-3H3/q+1. The first-order valence-corrected chi connectivity index (χ1v) is 6.28. The van der Waals surface area contributed by atoms with Crippen LogP contribution >= 0.6 is 0 Å². The van der Waals surface area contributed by atoms with Gasteiger partial charge in [-0.2, -0.15) is 0 Å². The molecule has 0 aliphatic rings. The highest BCUT2D eigenvalue weighted by molar-refractivity contribution is 5.73. The van der Waals surface area contributed by atoms with Crippen LogP contribution in [0.1, 0.15) is 26.8 Å². The van der Waals surface area contributed by atoms with Crippen molar-refractivity contribution < 1.29 is 14.1 Å². The topological polar surface area (TPSA) is 35.1 Å². The summed E-state index contributed by atoms with van der Waals surface area (Å²) >= 11 is 0. The van der Waals surface area contributed by atoms with Gasteiger partial charge in [0.2, 0.25) is 6.33 Å². The van der Waals surface area contributed by atoms with E-state index in [2.05, 4.69) is 24.5 Å². The van der Waals surface area contributed by atoms with E-state index in [0.717, 1.165) is 11.0 Å². The summed E-state index contributed by atoms with van der Waals surface area (Å²) in [6.45, 7) is 6.75. The number of hydrogen-bond donors (Lipinski definition) is 0. The molecule has 0 N–H and O–H groups in total. The normalized spacial score (nSPS) is 11.1. The molecule has 0 aliphatic heterocycles. The van der Waals surface area contributed by atoms with Crippen molar-refractivity contribution in [1.82, 2.24) is 4.57 Å². The van der Waals surface area contributed by atoms with Crippen LogP contribution in [-0.4, -0.2) is 17.1 Å². The molecule has 0 bridgehead atoms. The molecular formula is C14H19N2O2+. The molecule has 0 amide bonds. The van der Waals surface area contributed by atoms with Crippen LogP contribution < -0.4 is 4.57 Å². The molecule has 0 saturated carbocycles.